The lowest BCUT2D eigenvalue weighted by molar-refractivity contribution is -0.110. The fourth-order valence-electron chi connectivity index (χ4n) is 3.77. The second-order valence-electron chi connectivity index (χ2n) is 7.63. The van der Waals surface area contributed by atoms with E-state index in [1.54, 1.807) is 36.4 Å². The van der Waals surface area contributed by atoms with Gasteiger partial charge in [-0.3, -0.25) is 4.84 Å². The molecule has 0 saturated carbocycles. The van der Waals surface area contributed by atoms with Crippen LogP contribution in [0.3, 0.4) is 0 Å². The van der Waals surface area contributed by atoms with E-state index < -0.39 is 21.3 Å². The Kier molecular flexibility index (Phi) is 7.13. The second kappa shape index (κ2) is 10.0. The van der Waals surface area contributed by atoms with Gasteiger partial charge in [0.1, 0.15) is 16.7 Å². The SMILES string of the molecule is CN1OC[C@@H](S(=O)(=O)NCCc2ccccc2)[C@H]1c1cccc(Oc2ccc(Cl)cc2)c1. The van der Waals surface area contributed by atoms with Gasteiger partial charge in [0.25, 0.3) is 0 Å². The average Bonchev–Trinajstić information content (AvgIpc) is 3.19. The van der Waals surface area contributed by atoms with Gasteiger partial charge in [-0.2, -0.15) is 5.06 Å². The molecule has 0 bridgehead atoms. The summed E-state index contributed by atoms with van der Waals surface area (Å²) in [5, 5.41) is 1.49. The Bertz CT molecular complexity index is 1140. The summed E-state index contributed by atoms with van der Waals surface area (Å²) in [7, 11) is -1.86. The van der Waals surface area contributed by atoms with E-state index >= 15 is 0 Å². The number of nitrogens with one attached hydrogen (secondary N) is 1. The van der Waals surface area contributed by atoms with Gasteiger partial charge in [-0.05, 0) is 53.9 Å². The topological polar surface area (TPSA) is 67.9 Å². The van der Waals surface area contributed by atoms with E-state index in [1.165, 1.54) is 0 Å². The van der Waals surface area contributed by atoms with Crippen LogP contribution in [0, 0.1) is 0 Å². The minimum absolute atomic E-state index is 0.0874. The molecule has 3 aromatic rings. The van der Waals surface area contributed by atoms with Gasteiger partial charge in [-0.1, -0.05) is 54.1 Å². The van der Waals surface area contributed by atoms with Crippen LogP contribution < -0.4 is 9.46 Å². The first kappa shape index (κ1) is 22.8. The minimum atomic E-state index is -3.61. The number of hydroxylamine groups is 2. The maximum absolute atomic E-state index is 13.1. The minimum Gasteiger partial charge on any atom is -0.457 e. The molecule has 0 aromatic heterocycles. The van der Waals surface area contributed by atoms with Gasteiger partial charge in [0, 0.05) is 18.6 Å². The summed E-state index contributed by atoms with van der Waals surface area (Å²) in [5.41, 5.74) is 1.88. The average molecular weight is 473 g/mol. The molecular formula is C24H25ClN2O4S. The van der Waals surface area contributed by atoms with Crippen molar-refractivity contribution in [1.29, 1.82) is 0 Å². The number of ether oxygens (including phenoxy) is 1. The van der Waals surface area contributed by atoms with Gasteiger partial charge in [0.2, 0.25) is 10.0 Å². The van der Waals surface area contributed by atoms with Crippen LogP contribution in [0.1, 0.15) is 17.2 Å². The van der Waals surface area contributed by atoms with Crippen LogP contribution >= 0.6 is 11.6 Å². The molecule has 0 unspecified atom stereocenters. The van der Waals surface area contributed by atoms with Crippen LogP contribution in [0.5, 0.6) is 11.5 Å². The van der Waals surface area contributed by atoms with Gasteiger partial charge in [-0.15, -0.1) is 0 Å². The Labute approximate surface area is 193 Å². The van der Waals surface area contributed by atoms with Crippen molar-refractivity contribution in [3.63, 3.8) is 0 Å². The Hall–Kier alpha value is -2.42. The molecule has 8 heteroatoms. The summed E-state index contributed by atoms with van der Waals surface area (Å²) in [6.45, 7) is 0.420. The van der Waals surface area contributed by atoms with E-state index in [9.17, 15) is 8.42 Å². The number of sulfonamides is 1. The quantitative estimate of drug-likeness (QED) is 0.519. The molecule has 1 heterocycles. The normalized spacial score (nSPS) is 19.2. The Morgan fingerprint density at radius 1 is 1.03 bits per heavy atom. The fourth-order valence-corrected chi connectivity index (χ4v) is 5.41. The third-order valence-electron chi connectivity index (χ3n) is 5.39. The molecule has 3 aromatic carbocycles. The number of nitrogens with zero attached hydrogens (tertiary/aromatic N) is 1. The van der Waals surface area contributed by atoms with Crippen molar-refractivity contribution < 1.29 is 18.0 Å². The first-order valence-corrected chi connectivity index (χ1v) is 12.3. The van der Waals surface area contributed by atoms with E-state index in [2.05, 4.69) is 4.72 Å². The van der Waals surface area contributed by atoms with Crippen LogP contribution in [-0.4, -0.2) is 38.9 Å². The molecule has 1 aliphatic rings. The fraction of sp³-hybridized carbons (Fsp3) is 0.250. The summed E-state index contributed by atoms with van der Waals surface area (Å²) in [4.78, 5) is 5.61. The zero-order valence-corrected chi connectivity index (χ0v) is 19.2. The highest BCUT2D eigenvalue weighted by atomic mass is 35.5. The molecule has 6 nitrogen and oxygen atoms in total. The highest BCUT2D eigenvalue weighted by molar-refractivity contribution is 7.90. The zero-order valence-electron chi connectivity index (χ0n) is 17.6. The standard InChI is InChI=1S/C24H25ClN2O4S/c1-27-24(19-8-5-9-22(16-19)31-21-12-10-20(25)11-13-21)23(17-30-27)32(28,29)26-15-14-18-6-3-2-4-7-18/h2-13,16,23-24,26H,14-15,17H2,1H3/t23-,24-/m1/s1. The number of hydrogen-bond donors (Lipinski definition) is 1. The Balaban J connectivity index is 1.48. The van der Waals surface area contributed by atoms with E-state index in [4.69, 9.17) is 21.2 Å². The Morgan fingerprint density at radius 2 is 1.78 bits per heavy atom. The molecule has 1 saturated heterocycles. The summed E-state index contributed by atoms with van der Waals surface area (Å²) < 4.78 is 34.9. The van der Waals surface area contributed by atoms with E-state index in [1.807, 2.05) is 54.6 Å². The monoisotopic (exact) mass is 472 g/mol. The van der Waals surface area contributed by atoms with Gasteiger partial charge >= 0.3 is 0 Å². The van der Waals surface area contributed by atoms with Crippen molar-refractivity contribution in [3.05, 3.63) is 95.0 Å². The van der Waals surface area contributed by atoms with Gasteiger partial charge < -0.3 is 4.74 Å². The summed E-state index contributed by atoms with van der Waals surface area (Å²) in [6.07, 6.45) is 0.624. The van der Waals surface area contributed by atoms with Crippen molar-refractivity contribution >= 4 is 21.6 Å². The van der Waals surface area contributed by atoms with Gasteiger partial charge in [-0.25, -0.2) is 13.1 Å². The van der Waals surface area contributed by atoms with E-state index in [0.29, 0.717) is 29.5 Å². The molecule has 0 amide bonds. The van der Waals surface area contributed by atoms with Crippen molar-refractivity contribution in [3.8, 4) is 11.5 Å². The number of rotatable bonds is 8. The highest BCUT2D eigenvalue weighted by Crippen LogP contribution is 2.35. The van der Waals surface area contributed by atoms with Crippen LogP contribution in [0.15, 0.2) is 78.9 Å². The van der Waals surface area contributed by atoms with Crippen molar-refractivity contribution in [2.24, 2.45) is 0 Å². The largest absolute Gasteiger partial charge is 0.457 e. The van der Waals surface area contributed by atoms with Gasteiger partial charge in [0.05, 0.1) is 12.6 Å². The van der Waals surface area contributed by atoms with E-state index in [-0.39, 0.29) is 6.61 Å². The van der Waals surface area contributed by atoms with Crippen LogP contribution in [0.4, 0.5) is 0 Å². The lowest BCUT2D eigenvalue weighted by Crippen LogP contribution is -2.40. The third kappa shape index (κ3) is 5.49. The molecule has 168 valence electrons. The van der Waals surface area contributed by atoms with Crippen LogP contribution in [-0.2, 0) is 21.3 Å². The third-order valence-corrected chi connectivity index (χ3v) is 7.44. The van der Waals surface area contributed by atoms with E-state index in [0.717, 1.165) is 11.1 Å². The second-order valence-corrected chi connectivity index (χ2v) is 10.0. The molecule has 2 atom stereocenters. The highest BCUT2D eigenvalue weighted by Gasteiger charge is 2.43. The molecular weight excluding hydrogens is 448 g/mol. The zero-order chi connectivity index (χ0) is 22.6. The molecule has 4 rings (SSSR count). The first-order valence-electron chi connectivity index (χ1n) is 10.3. The lowest BCUT2D eigenvalue weighted by atomic mass is 10.0. The predicted molar refractivity (Wildman–Crippen MR) is 125 cm³/mol. The first-order chi connectivity index (χ1) is 15.4. The number of benzene rings is 3. The summed E-state index contributed by atoms with van der Waals surface area (Å²) in [6, 6.07) is 23.8. The maximum Gasteiger partial charge on any atom is 0.218 e. The predicted octanol–water partition coefficient (Wildman–Crippen LogP) is 4.58. The number of hydrogen-bond acceptors (Lipinski definition) is 5. The van der Waals surface area contributed by atoms with Crippen molar-refractivity contribution in [2.75, 3.05) is 20.2 Å². The van der Waals surface area contributed by atoms with Crippen molar-refractivity contribution in [2.45, 2.75) is 17.7 Å². The smallest absolute Gasteiger partial charge is 0.218 e. The van der Waals surface area contributed by atoms with Crippen LogP contribution in [0.2, 0.25) is 5.02 Å². The summed E-state index contributed by atoms with van der Waals surface area (Å²) >= 11 is 5.93. The summed E-state index contributed by atoms with van der Waals surface area (Å²) in [5.74, 6) is 1.26. The molecule has 32 heavy (non-hydrogen) atoms. The lowest BCUT2D eigenvalue weighted by Gasteiger charge is -2.23. The number of halogens is 1. The molecule has 0 radical (unpaired) electrons. The molecule has 1 N–H and O–H groups in total. The van der Waals surface area contributed by atoms with Crippen molar-refractivity contribution in [1.82, 2.24) is 9.79 Å². The Morgan fingerprint density at radius 3 is 2.53 bits per heavy atom. The molecule has 1 fully saturated rings. The molecule has 0 aliphatic carbocycles. The maximum atomic E-state index is 13.1. The van der Waals surface area contributed by atoms with Crippen LogP contribution in [0.25, 0.3) is 0 Å². The molecule has 1 aliphatic heterocycles. The molecule has 0 spiro atoms. The van der Waals surface area contributed by atoms with Gasteiger partial charge in [0.15, 0.2) is 0 Å².